The van der Waals surface area contributed by atoms with E-state index in [1.165, 1.54) is 19.2 Å². The van der Waals surface area contributed by atoms with Crippen molar-refractivity contribution in [1.29, 1.82) is 0 Å². The maximum Gasteiger partial charge on any atom is 0.411 e. The standard InChI is InChI=1S/C18H24FN7O3/c1-3-26-8-4-5-12(26)10-20-15-22-16(24-17(23-15)25-18(27)28)21-11-6-7-14(29-2)13(19)9-11/h6-7,9,12H,3-5,8,10H2,1-2H3,(H,27,28)(H3,20,21,22,23,24,25). The van der Waals surface area contributed by atoms with Gasteiger partial charge in [0, 0.05) is 24.3 Å². The second-order valence-electron chi connectivity index (χ2n) is 6.52. The number of anilines is 4. The molecule has 3 rings (SSSR count). The number of carbonyl (C=O) groups is 1. The van der Waals surface area contributed by atoms with Gasteiger partial charge in [-0.2, -0.15) is 15.0 Å². The van der Waals surface area contributed by atoms with Crippen LogP contribution in [0.15, 0.2) is 18.2 Å². The highest BCUT2D eigenvalue weighted by Gasteiger charge is 2.23. The first-order valence-corrected chi connectivity index (χ1v) is 9.33. The van der Waals surface area contributed by atoms with Crippen LogP contribution in [0.4, 0.5) is 32.7 Å². The van der Waals surface area contributed by atoms with Crippen molar-refractivity contribution in [2.24, 2.45) is 0 Å². The number of nitrogens with one attached hydrogen (secondary N) is 3. The molecule has 1 unspecified atom stereocenters. The molecular formula is C18H24FN7O3. The molecule has 1 aromatic carbocycles. The highest BCUT2D eigenvalue weighted by Crippen LogP contribution is 2.23. The molecule has 10 nitrogen and oxygen atoms in total. The average Bonchev–Trinajstić information content (AvgIpc) is 3.13. The van der Waals surface area contributed by atoms with E-state index < -0.39 is 11.9 Å². The van der Waals surface area contributed by atoms with Gasteiger partial charge in [0.2, 0.25) is 17.8 Å². The van der Waals surface area contributed by atoms with Gasteiger partial charge in [-0.15, -0.1) is 0 Å². The third-order valence-electron chi connectivity index (χ3n) is 4.66. The number of nitrogens with zero attached hydrogens (tertiary/aromatic N) is 4. The third kappa shape index (κ3) is 5.41. The molecule has 1 aromatic heterocycles. The number of methoxy groups -OCH3 is 1. The zero-order chi connectivity index (χ0) is 20.8. The molecule has 156 valence electrons. The third-order valence-corrected chi connectivity index (χ3v) is 4.66. The number of hydrogen-bond donors (Lipinski definition) is 4. The van der Waals surface area contributed by atoms with Crippen LogP contribution in [0.25, 0.3) is 0 Å². The Kier molecular flexibility index (Phi) is 6.60. The molecular weight excluding hydrogens is 381 g/mol. The van der Waals surface area contributed by atoms with Gasteiger partial charge in [-0.25, -0.2) is 9.18 Å². The van der Waals surface area contributed by atoms with E-state index in [1.807, 2.05) is 0 Å². The lowest BCUT2D eigenvalue weighted by molar-refractivity contribution is 0.209. The van der Waals surface area contributed by atoms with Gasteiger partial charge in [0.1, 0.15) is 0 Å². The van der Waals surface area contributed by atoms with E-state index in [1.54, 1.807) is 6.07 Å². The van der Waals surface area contributed by atoms with Crippen molar-refractivity contribution < 1.29 is 19.0 Å². The summed E-state index contributed by atoms with van der Waals surface area (Å²) in [6, 6.07) is 4.66. The largest absolute Gasteiger partial charge is 0.494 e. The first-order valence-electron chi connectivity index (χ1n) is 9.33. The van der Waals surface area contributed by atoms with Crippen molar-refractivity contribution >= 4 is 29.6 Å². The second-order valence-corrected chi connectivity index (χ2v) is 6.52. The lowest BCUT2D eigenvalue weighted by Gasteiger charge is -2.23. The smallest absolute Gasteiger partial charge is 0.411 e. The van der Waals surface area contributed by atoms with Crippen LogP contribution >= 0.6 is 0 Å². The zero-order valence-corrected chi connectivity index (χ0v) is 16.3. The molecule has 2 aromatic rings. The number of amides is 1. The molecule has 1 aliphatic heterocycles. The van der Waals surface area contributed by atoms with Crippen molar-refractivity contribution in [3.05, 3.63) is 24.0 Å². The molecule has 0 aliphatic carbocycles. The van der Waals surface area contributed by atoms with Crippen LogP contribution in [0.3, 0.4) is 0 Å². The van der Waals surface area contributed by atoms with Gasteiger partial charge in [0.15, 0.2) is 11.6 Å². The molecule has 1 aliphatic rings. The predicted octanol–water partition coefficient (Wildman–Crippen LogP) is 2.75. The minimum atomic E-state index is -1.29. The highest BCUT2D eigenvalue weighted by molar-refractivity contribution is 5.80. The van der Waals surface area contributed by atoms with Gasteiger partial charge in [-0.3, -0.25) is 10.2 Å². The summed E-state index contributed by atoms with van der Waals surface area (Å²) in [6.07, 6.45) is 0.915. The fourth-order valence-corrected chi connectivity index (χ4v) is 3.29. The van der Waals surface area contributed by atoms with Gasteiger partial charge >= 0.3 is 6.09 Å². The number of likely N-dealkylation sites (N-methyl/N-ethyl adjacent to an activating group) is 1. The molecule has 0 spiro atoms. The Morgan fingerprint density at radius 3 is 2.76 bits per heavy atom. The first kappa shape index (κ1) is 20.5. The van der Waals surface area contributed by atoms with E-state index in [4.69, 9.17) is 9.84 Å². The van der Waals surface area contributed by atoms with E-state index in [0.29, 0.717) is 18.3 Å². The van der Waals surface area contributed by atoms with E-state index in [9.17, 15) is 9.18 Å². The fraction of sp³-hybridized carbons (Fsp3) is 0.444. The van der Waals surface area contributed by atoms with Crippen LogP contribution in [-0.2, 0) is 0 Å². The zero-order valence-electron chi connectivity index (χ0n) is 16.3. The summed E-state index contributed by atoms with van der Waals surface area (Å²) in [7, 11) is 1.38. The van der Waals surface area contributed by atoms with E-state index >= 15 is 0 Å². The second kappa shape index (κ2) is 9.32. The molecule has 0 bridgehead atoms. The number of carboxylic acid groups (broad SMARTS) is 1. The molecule has 2 heterocycles. The predicted molar refractivity (Wildman–Crippen MR) is 106 cm³/mol. The molecule has 4 N–H and O–H groups in total. The van der Waals surface area contributed by atoms with Crippen molar-refractivity contribution in [1.82, 2.24) is 19.9 Å². The molecule has 0 saturated carbocycles. The maximum atomic E-state index is 13.9. The number of benzene rings is 1. The van der Waals surface area contributed by atoms with Crippen molar-refractivity contribution in [3.63, 3.8) is 0 Å². The Labute approximate surface area is 167 Å². The summed E-state index contributed by atoms with van der Waals surface area (Å²) in [4.78, 5) is 25.7. The number of likely N-dealkylation sites (tertiary alicyclic amines) is 1. The summed E-state index contributed by atoms with van der Waals surface area (Å²) in [5.74, 6) is -0.267. The van der Waals surface area contributed by atoms with Crippen molar-refractivity contribution in [3.8, 4) is 5.75 Å². The van der Waals surface area contributed by atoms with Crippen LogP contribution in [0.2, 0.25) is 0 Å². The molecule has 1 atom stereocenters. The van der Waals surface area contributed by atoms with Gasteiger partial charge in [-0.05, 0) is 38.1 Å². The Balaban J connectivity index is 1.77. The van der Waals surface area contributed by atoms with Gasteiger partial charge in [0.05, 0.1) is 7.11 Å². The van der Waals surface area contributed by atoms with Gasteiger partial charge < -0.3 is 20.5 Å². The van der Waals surface area contributed by atoms with E-state index in [-0.39, 0.29) is 23.6 Å². The van der Waals surface area contributed by atoms with Crippen molar-refractivity contribution in [2.45, 2.75) is 25.8 Å². The van der Waals surface area contributed by atoms with E-state index in [2.05, 4.69) is 42.7 Å². The van der Waals surface area contributed by atoms with Crippen molar-refractivity contribution in [2.75, 3.05) is 42.7 Å². The molecule has 1 saturated heterocycles. The Morgan fingerprint density at radius 1 is 1.31 bits per heavy atom. The molecule has 11 heteroatoms. The lowest BCUT2D eigenvalue weighted by atomic mass is 10.2. The van der Waals surface area contributed by atoms with Crippen LogP contribution in [-0.4, -0.2) is 63.8 Å². The van der Waals surface area contributed by atoms with Crippen LogP contribution in [0.1, 0.15) is 19.8 Å². The lowest BCUT2D eigenvalue weighted by Crippen LogP contribution is -2.35. The maximum absolute atomic E-state index is 13.9. The Bertz CT molecular complexity index is 867. The summed E-state index contributed by atoms with van der Waals surface area (Å²) in [6.45, 7) is 4.76. The van der Waals surface area contributed by atoms with Crippen LogP contribution < -0.4 is 20.7 Å². The van der Waals surface area contributed by atoms with Gasteiger partial charge in [-0.1, -0.05) is 6.92 Å². The monoisotopic (exact) mass is 405 g/mol. The number of hydrogen-bond acceptors (Lipinski definition) is 8. The van der Waals surface area contributed by atoms with Crippen LogP contribution in [0, 0.1) is 5.82 Å². The van der Waals surface area contributed by atoms with Gasteiger partial charge in [0.25, 0.3) is 0 Å². The van der Waals surface area contributed by atoms with E-state index in [0.717, 1.165) is 25.9 Å². The topological polar surface area (TPSA) is 125 Å². The Hall–Kier alpha value is -3.21. The SMILES string of the molecule is CCN1CCCC1CNc1nc(NC(=O)O)nc(Nc2ccc(OC)c(F)c2)n1. The number of ether oxygens (including phenoxy) is 1. The number of rotatable bonds is 8. The summed E-state index contributed by atoms with van der Waals surface area (Å²) < 4.78 is 18.8. The normalized spacial score (nSPS) is 16.4. The first-order chi connectivity index (χ1) is 14.0. The molecule has 0 radical (unpaired) electrons. The Morgan fingerprint density at radius 2 is 2.07 bits per heavy atom. The minimum absolute atomic E-state index is 0.0783. The van der Waals surface area contributed by atoms with Crippen LogP contribution in [0.5, 0.6) is 5.75 Å². The average molecular weight is 405 g/mol. The highest BCUT2D eigenvalue weighted by atomic mass is 19.1. The minimum Gasteiger partial charge on any atom is -0.494 e. The number of aromatic nitrogens is 3. The fourth-order valence-electron chi connectivity index (χ4n) is 3.29. The number of halogens is 1. The summed E-state index contributed by atoms with van der Waals surface area (Å²) >= 11 is 0. The molecule has 1 amide bonds. The summed E-state index contributed by atoms with van der Waals surface area (Å²) in [5, 5.41) is 17.1. The molecule has 1 fully saturated rings. The quantitative estimate of drug-likeness (QED) is 0.525. The molecule has 29 heavy (non-hydrogen) atoms. The summed E-state index contributed by atoms with van der Waals surface area (Å²) in [5.41, 5.74) is 0.384.